The van der Waals surface area contributed by atoms with E-state index in [-0.39, 0.29) is 17.4 Å². The van der Waals surface area contributed by atoms with E-state index < -0.39 is 10.0 Å². The van der Waals surface area contributed by atoms with E-state index in [1.165, 1.54) is 15.6 Å². The molecule has 0 atom stereocenters. The third-order valence-corrected chi connectivity index (χ3v) is 7.43. The molecular weight excluding hydrogens is 426 g/mol. The molecule has 10 heteroatoms. The van der Waals surface area contributed by atoms with Gasteiger partial charge in [0, 0.05) is 13.1 Å². The minimum atomic E-state index is -3.58. The summed E-state index contributed by atoms with van der Waals surface area (Å²) < 4.78 is 38.4. The van der Waals surface area contributed by atoms with Crippen molar-refractivity contribution in [3.8, 4) is 5.75 Å². The summed E-state index contributed by atoms with van der Waals surface area (Å²) in [4.78, 5) is 16.7. The van der Waals surface area contributed by atoms with E-state index in [0.29, 0.717) is 47.4 Å². The van der Waals surface area contributed by atoms with Crippen LogP contribution < -0.4 is 10.1 Å². The zero-order valence-electron chi connectivity index (χ0n) is 16.3. The maximum Gasteiger partial charge on any atom is 0.264 e. The molecule has 0 saturated carbocycles. The average molecular weight is 448 g/mol. The maximum atomic E-state index is 12.8. The van der Waals surface area contributed by atoms with Crippen molar-refractivity contribution in [2.24, 2.45) is 0 Å². The van der Waals surface area contributed by atoms with Crippen LogP contribution in [0.15, 0.2) is 47.4 Å². The number of thiazole rings is 1. The number of ether oxygens (including phenoxy) is 2. The van der Waals surface area contributed by atoms with E-state index in [4.69, 9.17) is 9.47 Å². The van der Waals surface area contributed by atoms with Crippen LogP contribution in [-0.2, 0) is 19.6 Å². The lowest BCUT2D eigenvalue weighted by atomic mass is 10.2. The molecule has 0 unspecified atom stereocenters. The van der Waals surface area contributed by atoms with E-state index >= 15 is 0 Å². The van der Waals surface area contributed by atoms with Crippen LogP contribution in [0.25, 0.3) is 10.2 Å². The Balaban J connectivity index is 1.44. The number of amides is 1. The zero-order chi connectivity index (χ0) is 21.1. The van der Waals surface area contributed by atoms with E-state index in [2.05, 4.69) is 10.3 Å². The number of benzene rings is 2. The molecular formula is C20H21N3O5S2. The summed E-state index contributed by atoms with van der Waals surface area (Å²) in [5.41, 5.74) is 1.73. The van der Waals surface area contributed by atoms with E-state index in [1.54, 1.807) is 30.3 Å². The number of nitrogens with one attached hydrogen (secondary N) is 1. The summed E-state index contributed by atoms with van der Waals surface area (Å²) in [6.07, 6.45) is 0. The summed E-state index contributed by atoms with van der Waals surface area (Å²) in [5, 5.41) is 3.09. The Hall–Kier alpha value is -2.53. The van der Waals surface area contributed by atoms with Crippen LogP contribution in [0.4, 0.5) is 5.13 Å². The van der Waals surface area contributed by atoms with E-state index in [1.807, 2.05) is 19.1 Å². The Bertz CT molecular complexity index is 1150. The van der Waals surface area contributed by atoms with Crippen molar-refractivity contribution in [3.63, 3.8) is 0 Å². The summed E-state index contributed by atoms with van der Waals surface area (Å²) in [7, 11) is -3.58. The fourth-order valence-corrected chi connectivity index (χ4v) is 5.42. The Kier molecular flexibility index (Phi) is 6.00. The predicted octanol–water partition coefficient (Wildman–Crippen LogP) is 2.64. The molecule has 158 valence electrons. The summed E-state index contributed by atoms with van der Waals surface area (Å²) in [6, 6.07) is 12.2. The standard InChI is InChI=1S/C20H21N3O5S2/c1-14-2-4-15(5-3-14)28-13-19(24)22-20-21-17-7-6-16(12-18(17)29-20)30(25,26)23-8-10-27-11-9-23/h2-7,12H,8-11,13H2,1H3,(H,21,22,24). The highest BCUT2D eigenvalue weighted by Crippen LogP contribution is 2.29. The Morgan fingerprint density at radius 3 is 2.67 bits per heavy atom. The van der Waals surface area contributed by atoms with Gasteiger partial charge in [0.05, 0.1) is 28.3 Å². The molecule has 2 heterocycles. The monoisotopic (exact) mass is 447 g/mol. The first kappa shape index (κ1) is 20.7. The van der Waals surface area contributed by atoms with Crippen molar-refractivity contribution < 1.29 is 22.7 Å². The van der Waals surface area contributed by atoms with Crippen molar-refractivity contribution in [3.05, 3.63) is 48.0 Å². The van der Waals surface area contributed by atoms with Gasteiger partial charge in [-0.3, -0.25) is 10.1 Å². The Morgan fingerprint density at radius 1 is 1.20 bits per heavy atom. The number of fused-ring (bicyclic) bond motifs is 1. The quantitative estimate of drug-likeness (QED) is 0.624. The first-order valence-corrected chi connectivity index (χ1v) is 11.7. The van der Waals surface area contributed by atoms with Gasteiger partial charge in [-0.2, -0.15) is 4.31 Å². The van der Waals surface area contributed by atoms with Gasteiger partial charge in [-0.1, -0.05) is 29.0 Å². The number of rotatable bonds is 6. The van der Waals surface area contributed by atoms with Gasteiger partial charge in [-0.05, 0) is 37.3 Å². The van der Waals surface area contributed by atoms with Crippen molar-refractivity contribution in [1.29, 1.82) is 0 Å². The summed E-state index contributed by atoms with van der Waals surface area (Å²) >= 11 is 1.22. The lowest BCUT2D eigenvalue weighted by molar-refractivity contribution is -0.118. The van der Waals surface area contributed by atoms with Gasteiger partial charge in [-0.25, -0.2) is 13.4 Å². The predicted molar refractivity (Wildman–Crippen MR) is 115 cm³/mol. The van der Waals surface area contributed by atoms with Crippen LogP contribution >= 0.6 is 11.3 Å². The molecule has 1 aliphatic rings. The van der Waals surface area contributed by atoms with Gasteiger partial charge in [0.1, 0.15) is 5.75 Å². The largest absolute Gasteiger partial charge is 0.484 e. The highest BCUT2D eigenvalue weighted by Gasteiger charge is 2.26. The molecule has 1 aromatic heterocycles. The molecule has 0 bridgehead atoms. The van der Waals surface area contributed by atoms with Gasteiger partial charge in [0.25, 0.3) is 5.91 Å². The number of carbonyl (C=O) groups is 1. The highest BCUT2D eigenvalue weighted by molar-refractivity contribution is 7.89. The normalized spacial score (nSPS) is 15.2. The summed E-state index contributed by atoms with van der Waals surface area (Å²) in [5.74, 6) is 0.272. The highest BCUT2D eigenvalue weighted by atomic mass is 32.2. The molecule has 0 radical (unpaired) electrons. The van der Waals surface area contributed by atoms with Gasteiger partial charge in [-0.15, -0.1) is 0 Å². The van der Waals surface area contributed by atoms with Gasteiger partial charge in [0.2, 0.25) is 10.0 Å². The van der Waals surface area contributed by atoms with Gasteiger partial charge in [0.15, 0.2) is 11.7 Å². The molecule has 2 aromatic carbocycles. The number of carbonyl (C=O) groups excluding carboxylic acids is 1. The number of hydrogen-bond acceptors (Lipinski definition) is 7. The van der Waals surface area contributed by atoms with Crippen LogP contribution in [0.1, 0.15) is 5.56 Å². The molecule has 1 N–H and O–H groups in total. The lowest BCUT2D eigenvalue weighted by Gasteiger charge is -2.25. The second-order valence-corrected chi connectivity index (χ2v) is 9.78. The average Bonchev–Trinajstić information content (AvgIpc) is 3.15. The molecule has 3 aromatic rings. The Morgan fingerprint density at radius 2 is 1.93 bits per heavy atom. The number of nitrogens with zero attached hydrogens (tertiary/aromatic N) is 2. The molecule has 30 heavy (non-hydrogen) atoms. The molecule has 0 spiro atoms. The van der Waals surface area contributed by atoms with Crippen LogP contribution in [0, 0.1) is 6.92 Å². The second-order valence-electron chi connectivity index (χ2n) is 6.81. The van der Waals surface area contributed by atoms with Crippen LogP contribution in [-0.4, -0.2) is 56.5 Å². The molecule has 1 aliphatic heterocycles. The van der Waals surface area contributed by atoms with Gasteiger partial charge >= 0.3 is 0 Å². The molecule has 1 fully saturated rings. The molecule has 0 aliphatic carbocycles. The number of anilines is 1. The third kappa shape index (κ3) is 4.62. The van der Waals surface area contributed by atoms with Crippen molar-refractivity contribution in [2.45, 2.75) is 11.8 Å². The number of sulfonamides is 1. The minimum Gasteiger partial charge on any atom is -0.484 e. The summed E-state index contributed by atoms with van der Waals surface area (Å²) in [6.45, 7) is 3.29. The SMILES string of the molecule is Cc1ccc(OCC(=O)Nc2nc3ccc(S(=O)(=O)N4CCOCC4)cc3s2)cc1. The zero-order valence-corrected chi connectivity index (χ0v) is 18.0. The lowest BCUT2D eigenvalue weighted by Crippen LogP contribution is -2.40. The minimum absolute atomic E-state index is 0.143. The van der Waals surface area contributed by atoms with Crippen LogP contribution in [0.3, 0.4) is 0 Å². The molecule has 1 amide bonds. The molecule has 8 nitrogen and oxygen atoms in total. The number of aryl methyl sites for hydroxylation is 1. The van der Waals surface area contributed by atoms with E-state index in [9.17, 15) is 13.2 Å². The van der Waals surface area contributed by atoms with Crippen LogP contribution in [0.5, 0.6) is 5.75 Å². The van der Waals surface area contributed by atoms with Crippen LogP contribution in [0.2, 0.25) is 0 Å². The smallest absolute Gasteiger partial charge is 0.264 e. The maximum absolute atomic E-state index is 12.8. The first-order chi connectivity index (χ1) is 14.4. The number of hydrogen-bond donors (Lipinski definition) is 1. The van der Waals surface area contributed by atoms with Crippen molar-refractivity contribution in [2.75, 3.05) is 38.2 Å². The third-order valence-electron chi connectivity index (χ3n) is 4.60. The van der Waals surface area contributed by atoms with E-state index in [0.717, 1.165) is 5.56 Å². The van der Waals surface area contributed by atoms with Crippen molar-refractivity contribution in [1.82, 2.24) is 9.29 Å². The number of morpholine rings is 1. The second kappa shape index (κ2) is 8.68. The Labute approximate surface area is 178 Å². The topological polar surface area (TPSA) is 97.8 Å². The first-order valence-electron chi connectivity index (χ1n) is 9.40. The fraction of sp³-hybridized carbons (Fsp3) is 0.300. The molecule has 4 rings (SSSR count). The fourth-order valence-electron chi connectivity index (χ4n) is 2.99. The molecule has 1 saturated heterocycles. The van der Waals surface area contributed by atoms with Gasteiger partial charge < -0.3 is 9.47 Å². The van der Waals surface area contributed by atoms with Crippen molar-refractivity contribution >= 4 is 42.6 Å². The number of aromatic nitrogens is 1.